The summed E-state index contributed by atoms with van der Waals surface area (Å²) in [6.07, 6.45) is 11.8. The van der Waals surface area contributed by atoms with Gasteiger partial charge in [-0.25, -0.2) is 4.98 Å². The van der Waals surface area contributed by atoms with Crippen LogP contribution in [0.4, 0.5) is 5.82 Å². The van der Waals surface area contributed by atoms with Gasteiger partial charge in [-0.3, -0.25) is 24.4 Å². The fourth-order valence-corrected chi connectivity index (χ4v) is 2.84. The quantitative estimate of drug-likeness (QED) is 0.323. The van der Waals surface area contributed by atoms with Crippen molar-refractivity contribution in [3.63, 3.8) is 0 Å². The second kappa shape index (κ2) is 9.18. The number of hydrogen-bond donors (Lipinski definition) is 0. The number of anilines is 1. The van der Waals surface area contributed by atoms with Crippen LogP contribution in [0.3, 0.4) is 0 Å². The summed E-state index contributed by atoms with van der Waals surface area (Å²) in [6.45, 7) is 4.49. The van der Waals surface area contributed by atoms with Gasteiger partial charge in [-0.2, -0.15) is 0 Å². The van der Waals surface area contributed by atoms with Crippen LogP contribution < -0.4 is 4.90 Å². The lowest BCUT2D eigenvalue weighted by atomic mass is 10.1. The molecule has 0 saturated carbocycles. The first-order valence-corrected chi connectivity index (χ1v) is 9.03. The van der Waals surface area contributed by atoms with E-state index < -0.39 is 0 Å². The second-order valence-corrected chi connectivity index (χ2v) is 6.26. The zero-order chi connectivity index (χ0) is 20.0. The van der Waals surface area contributed by atoms with Crippen LogP contribution in [0.15, 0.2) is 42.3 Å². The Kier molecular flexibility index (Phi) is 6.95. The molecule has 1 aromatic heterocycles. The van der Waals surface area contributed by atoms with Crippen LogP contribution in [-0.2, 0) is 9.59 Å². The fraction of sp³-hybridized carbons (Fsp3) is 0.316. The molecule has 0 unspecified atom stereocenters. The van der Waals surface area contributed by atoms with E-state index in [0.717, 1.165) is 5.82 Å². The molecule has 2 amide bonds. The third kappa shape index (κ3) is 4.65. The van der Waals surface area contributed by atoms with Crippen molar-refractivity contribution in [3.8, 4) is 0 Å². The van der Waals surface area contributed by atoms with Crippen LogP contribution in [0.2, 0.25) is 0 Å². The van der Waals surface area contributed by atoms with E-state index in [1.165, 1.54) is 15.9 Å². The number of rotatable bonds is 6. The van der Waals surface area contributed by atoms with E-state index in [2.05, 4.69) is 9.97 Å². The molecule has 0 radical (unpaired) electrons. The Labute approximate surface area is 164 Å². The van der Waals surface area contributed by atoms with Gasteiger partial charge in [-0.15, -0.1) is 0 Å². The molecule has 0 aromatic carbocycles. The summed E-state index contributed by atoms with van der Waals surface area (Å²) < 4.78 is 0. The normalized spacial score (nSPS) is 15.4. The number of hydrogen-bond acceptors (Lipinski definition) is 6. The number of carbonyl (C=O) groups excluding carboxylic acids is 2. The van der Waals surface area contributed by atoms with Gasteiger partial charge in [0.1, 0.15) is 11.4 Å². The molecule has 1 aliphatic heterocycles. The molecule has 0 aliphatic carbocycles. The van der Waals surface area contributed by atoms with Gasteiger partial charge in [-0.05, 0) is 38.2 Å². The van der Waals surface area contributed by atoms with E-state index in [9.17, 15) is 9.59 Å². The number of thiocarbonyl (C=S) groups is 1. The molecule has 1 aromatic rings. The van der Waals surface area contributed by atoms with Crippen molar-refractivity contribution in [2.75, 3.05) is 32.1 Å². The van der Waals surface area contributed by atoms with Crippen LogP contribution in [0.5, 0.6) is 0 Å². The highest BCUT2D eigenvalue weighted by Crippen LogP contribution is 2.17. The van der Waals surface area contributed by atoms with Crippen molar-refractivity contribution in [2.45, 2.75) is 13.8 Å². The number of aromatic nitrogens is 2. The van der Waals surface area contributed by atoms with Crippen LogP contribution in [0.25, 0.3) is 6.08 Å². The summed E-state index contributed by atoms with van der Waals surface area (Å²) in [5.41, 5.74) is 0.814. The molecule has 0 spiro atoms. The Bertz CT molecular complexity index is 784. The van der Waals surface area contributed by atoms with E-state index in [0.29, 0.717) is 18.8 Å². The number of allylic oxidation sites excluding steroid dienone is 4. The third-order valence-corrected chi connectivity index (χ3v) is 4.35. The number of amides is 2. The van der Waals surface area contributed by atoms with Crippen molar-refractivity contribution in [3.05, 3.63) is 48.0 Å². The monoisotopic (exact) mass is 385 g/mol. The Morgan fingerprint density at radius 2 is 1.63 bits per heavy atom. The predicted molar refractivity (Wildman–Crippen MR) is 110 cm³/mol. The number of nitrogens with zero attached hydrogens (tertiary/aromatic N) is 5. The van der Waals surface area contributed by atoms with Crippen molar-refractivity contribution < 1.29 is 9.59 Å². The van der Waals surface area contributed by atoms with E-state index >= 15 is 0 Å². The lowest BCUT2D eigenvalue weighted by molar-refractivity contribution is -0.133. The predicted octanol–water partition coefficient (Wildman–Crippen LogP) is 2.03. The molecule has 1 saturated heterocycles. The maximum absolute atomic E-state index is 12.5. The summed E-state index contributed by atoms with van der Waals surface area (Å²) in [5.74, 6) is 0.0487. The Balaban J connectivity index is 2.11. The molecule has 8 heteroatoms. The van der Waals surface area contributed by atoms with Gasteiger partial charge < -0.3 is 4.90 Å². The molecule has 7 nitrogen and oxygen atoms in total. The van der Waals surface area contributed by atoms with E-state index in [1.54, 1.807) is 36.7 Å². The standard InChI is InChI=1S/C19H23N5O2S/c1-5-23-17(25)15(18(26)24(6-2)19(23)27)11-9-7-8-10-14-12-21-16(13-20-14)22(3)4/h7-13H,5-6H2,1-4H3/b9-7+,10-8+. The zero-order valence-electron chi connectivity index (χ0n) is 15.9. The van der Waals surface area contributed by atoms with Crippen LogP contribution in [0, 0.1) is 0 Å². The maximum atomic E-state index is 12.5. The minimum Gasteiger partial charge on any atom is -0.361 e. The van der Waals surface area contributed by atoms with Crippen LogP contribution >= 0.6 is 12.2 Å². The van der Waals surface area contributed by atoms with E-state index in [1.807, 2.05) is 32.8 Å². The van der Waals surface area contributed by atoms with Gasteiger partial charge in [0.15, 0.2) is 5.11 Å². The van der Waals surface area contributed by atoms with Gasteiger partial charge in [0, 0.05) is 27.2 Å². The lowest BCUT2D eigenvalue weighted by Crippen LogP contribution is -2.55. The molecule has 27 heavy (non-hydrogen) atoms. The molecule has 2 rings (SSSR count). The summed E-state index contributed by atoms with van der Waals surface area (Å²) in [6, 6.07) is 0. The van der Waals surface area contributed by atoms with E-state index in [4.69, 9.17) is 12.2 Å². The first-order valence-electron chi connectivity index (χ1n) is 8.62. The average Bonchev–Trinajstić information content (AvgIpc) is 2.65. The Morgan fingerprint density at radius 3 is 2.11 bits per heavy atom. The molecule has 1 fully saturated rings. The van der Waals surface area contributed by atoms with Gasteiger partial charge in [0.2, 0.25) is 0 Å². The van der Waals surface area contributed by atoms with Crippen LogP contribution in [0.1, 0.15) is 19.5 Å². The lowest BCUT2D eigenvalue weighted by Gasteiger charge is -2.35. The smallest absolute Gasteiger partial charge is 0.265 e. The molecule has 0 atom stereocenters. The SMILES string of the molecule is CCN1C(=O)C(=C/C=C/C=C/c2cnc(N(C)C)cn2)C(=O)N(CC)C1=S. The minimum absolute atomic E-state index is 0.104. The van der Waals surface area contributed by atoms with Crippen molar-refractivity contribution in [1.29, 1.82) is 0 Å². The molecule has 1 aliphatic rings. The minimum atomic E-state index is -0.365. The van der Waals surface area contributed by atoms with Gasteiger partial charge in [-0.1, -0.05) is 18.2 Å². The highest BCUT2D eigenvalue weighted by Gasteiger charge is 2.37. The average molecular weight is 385 g/mol. The van der Waals surface area contributed by atoms with Gasteiger partial charge >= 0.3 is 0 Å². The zero-order valence-corrected chi connectivity index (χ0v) is 16.7. The topological polar surface area (TPSA) is 69.6 Å². The number of carbonyl (C=O) groups is 2. The van der Waals surface area contributed by atoms with Crippen LogP contribution in [-0.4, -0.2) is 63.9 Å². The largest absolute Gasteiger partial charge is 0.361 e. The maximum Gasteiger partial charge on any atom is 0.265 e. The molecule has 2 heterocycles. The van der Waals surface area contributed by atoms with E-state index in [-0.39, 0.29) is 22.5 Å². The molecule has 0 N–H and O–H groups in total. The Morgan fingerprint density at radius 1 is 1.00 bits per heavy atom. The first-order chi connectivity index (χ1) is 12.9. The second-order valence-electron chi connectivity index (χ2n) is 5.90. The molecular formula is C19H23N5O2S. The molecular weight excluding hydrogens is 362 g/mol. The fourth-order valence-electron chi connectivity index (χ4n) is 2.42. The van der Waals surface area contributed by atoms with Crippen molar-refractivity contribution in [1.82, 2.24) is 19.8 Å². The summed E-state index contributed by atoms with van der Waals surface area (Å²) in [5, 5.41) is 0.260. The van der Waals surface area contributed by atoms with Crippen molar-refractivity contribution in [2.24, 2.45) is 0 Å². The summed E-state index contributed by atoms with van der Waals surface area (Å²) in [4.78, 5) is 38.2. The summed E-state index contributed by atoms with van der Waals surface area (Å²) in [7, 11) is 3.80. The number of likely N-dealkylation sites (N-methyl/N-ethyl adjacent to an activating group) is 2. The highest BCUT2D eigenvalue weighted by molar-refractivity contribution is 7.80. The van der Waals surface area contributed by atoms with Gasteiger partial charge in [0.05, 0.1) is 18.1 Å². The third-order valence-electron chi connectivity index (χ3n) is 3.91. The van der Waals surface area contributed by atoms with Gasteiger partial charge in [0.25, 0.3) is 11.8 Å². The molecule has 0 bridgehead atoms. The molecule has 142 valence electrons. The highest BCUT2D eigenvalue weighted by atomic mass is 32.1. The summed E-state index contributed by atoms with van der Waals surface area (Å²) >= 11 is 5.23. The Hall–Kier alpha value is -2.87. The first kappa shape index (κ1) is 20.4. The van der Waals surface area contributed by atoms with Crippen molar-refractivity contribution >= 4 is 41.0 Å².